The van der Waals surface area contributed by atoms with Crippen molar-refractivity contribution in [3.8, 4) is 17.2 Å². The van der Waals surface area contributed by atoms with Crippen molar-refractivity contribution in [2.24, 2.45) is 0 Å². The van der Waals surface area contributed by atoms with Crippen molar-refractivity contribution in [1.82, 2.24) is 9.78 Å². The molecular weight excluding hydrogens is 402 g/mol. The second-order valence-electron chi connectivity index (χ2n) is 5.26. The minimum absolute atomic E-state index is 0.279. The van der Waals surface area contributed by atoms with Crippen LogP contribution in [0.1, 0.15) is 10.5 Å². The van der Waals surface area contributed by atoms with Gasteiger partial charge < -0.3 is 15.2 Å². The molecule has 0 saturated heterocycles. The van der Waals surface area contributed by atoms with E-state index in [4.69, 9.17) is 4.74 Å². The minimum atomic E-state index is -0.645. The molecule has 0 spiro atoms. The van der Waals surface area contributed by atoms with Gasteiger partial charge in [-0.15, -0.1) is 0 Å². The quantitative estimate of drug-likeness (QED) is 0.682. The molecule has 0 radical (unpaired) electrons. The van der Waals surface area contributed by atoms with Crippen LogP contribution in [-0.2, 0) is 0 Å². The molecule has 0 aliphatic carbocycles. The summed E-state index contributed by atoms with van der Waals surface area (Å²) in [5.74, 6) is -0.740. The Labute approximate surface area is 157 Å². The molecule has 0 aliphatic heterocycles. The van der Waals surface area contributed by atoms with Crippen LogP contribution in [-0.4, -0.2) is 27.9 Å². The van der Waals surface area contributed by atoms with Crippen molar-refractivity contribution in [3.05, 3.63) is 75.1 Å². The number of hydrogen-bond donors (Lipinski definition) is 2. The number of hydrogen-bond acceptors (Lipinski definition) is 5. The lowest BCUT2D eigenvalue weighted by molar-refractivity contribution is 0.101. The Morgan fingerprint density at radius 2 is 1.88 bits per heavy atom. The third-order valence-electron chi connectivity index (χ3n) is 3.54. The predicted octanol–water partition coefficient (Wildman–Crippen LogP) is 2.96. The number of benzene rings is 2. The minimum Gasteiger partial charge on any atom is -0.505 e. The van der Waals surface area contributed by atoms with Crippen molar-refractivity contribution < 1.29 is 14.6 Å². The number of nitrogens with one attached hydrogen (secondary N) is 1. The summed E-state index contributed by atoms with van der Waals surface area (Å²) in [5.41, 5.74) is 0.0118. The van der Waals surface area contributed by atoms with E-state index >= 15 is 0 Å². The first-order chi connectivity index (χ1) is 12.5. The highest BCUT2D eigenvalue weighted by Gasteiger charge is 2.18. The van der Waals surface area contributed by atoms with Gasteiger partial charge in [0.15, 0.2) is 11.4 Å². The number of carbonyl (C=O) groups is 1. The lowest BCUT2D eigenvalue weighted by Crippen LogP contribution is -2.25. The van der Waals surface area contributed by atoms with Crippen LogP contribution in [0, 0.1) is 0 Å². The van der Waals surface area contributed by atoms with Crippen molar-refractivity contribution >= 4 is 27.5 Å². The molecular formula is C18H14BrN3O4. The number of nitrogens with zero attached hydrogens (tertiary/aromatic N) is 2. The highest BCUT2D eigenvalue weighted by Crippen LogP contribution is 2.22. The van der Waals surface area contributed by atoms with Gasteiger partial charge in [0.25, 0.3) is 11.5 Å². The molecule has 0 atom stereocenters. The fourth-order valence-electron chi connectivity index (χ4n) is 2.31. The second kappa shape index (κ2) is 7.40. The number of aromatic hydroxyl groups is 1. The summed E-state index contributed by atoms with van der Waals surface area (Å²) in [6.07, 6.45) is 0. The van der Waals surface area contributed by atoms with E-state index in [2.05, 4.69) is 26.3 Å². The number of halogens is 1. The number of anilines is 1. The van der Waals surface area contributed by atoms with Gasteiger partial charge in [-0.1, -0.05) is 28.1 Å². The molecule has 3 aromatic rings. The van der Waals surface area contributed by atoms with Crippen LogP contribution < -0.4 is 15.6 Å². The van der Waals surface area contributed by atoms with Crippen LogP contribution in [0.4, 0.5) is 5.69 Å². The molecule has 2 N–H and O–H groups in total. The number of methoxy groups -OCH3 is 1. The van der Waals surface area contributed by atoms with Crippen molar-refractivity contribution in [2.45, 2.75) is 0 Å². The Hall–Kier alpha value is -3.13. The van der Waals surface area contributed by atoms with E-state index in [0.717, 1.165) is 15.2 Å². The van der Waals surface area contributed by atoms with Crippen LogP contribution >= 0.6 is 15.9 Å². The zero-order chi connectivity index (χ0) is 18.7. The van der Waals surface area contributed by atoms with Gasteiger partial charge in [0.2, 0.25) is 0 Å². The maximum atomic E-state index is 12.5. The van der Waals surface area contributed by atoms with Crippen LogP contribution in [0.3, 0.4) is 0 Å². The third kappa shape index (κ3) is 3.60. The largest absolute Gasteiger partial charge is 0.505 e. The van der Waals surface area contributed by atoms with Gasteiger partial charge >= 0.3 is 0 Å². The summed E-state index contributed by atoms with van der Waals surface area (Å²) in [6, 6.07) is 14.6. The number of carbonyl (C=O) groups excluding carboxylic acids is 1. The van der Waals surface area contributed by atoms with E-state index in [0.29, 0.717) is 17.1 Å². The Kier molecular flexibility index (Phi) is 5.04. The molecule has 132 valence electrons. The maximum Gasteiger partial charge on any atom is 0.279 e. The molecule has 1 heterocycles. The fraction of sp³-hybridized carbons (Fsp3) is 0.0556. The monoisotopic (exact) mass is 415 g/mol. The number of para-hydroxylation sites is 2. The predicted molar refractivity (Wildman–Crippen MR) is 100 cm³/mol. The third-order valence-corrected chi connectivity index (χ3v) is 4.07. The summed E-state index contributed by atoms with van der Waals surface area (Å²) in [6.45, 7) is 0. The Balaban J connectivity index is 2.01. The molecule has 3 rings (SSSR count). The summed E-state index contributed by atoms with van der Waals surface area (Å²) in [7, 11) is 1.46. The molecule has 8 heteroatoms. The first kappa shape index (κ1) is 17.7. The Morgan fingerprint density at radius 1 is 1.19 bits per heavy atom. The average molecular weight is 416 g/mol. The van der Waals surface area contributed by atoms with E-state index in [1.165, 1.54) is 7.11 Å². The smallest absolute Gasteiger partial charge is 0.279 e. The van der Waals surface area contributed by atoms with Gasteiger partial charge in [-0.3, -0.25) is 9.59 Å². The Morgan fingerprint density at radius 3 is 2.58 bits per heavy atom. The van der Waals surface area contributed by atoms with E-state index in [9.17, 15) is 14.7 Å². The number of aromatic nitrogens is 2. The molecule has 0 unspecified atom stereocenters. The van der Waals surface area contributed by atoms with Crippen molar-refractivity contribution in [3.63, 3.8) is 0 Å². The fourth-order valence-corrected chi connectivity index (χ4v) is 2.57. The summed E-state index contributed by atoms with van der Waals surface area (Å²) < 4.78 is 7.10. The molecule has 0 fully saturated rings. The molecule has 2 aromatic carbocycles. The zero-order valence-corrected chi connectivity index (χ0v) is 15.2. The average Bonchev–Trinajstić information content (AvgIpc) is 2.63. The molecule has 7 nitrogen and oxygen atoms in total. The van der Waals surface area contributed by atoms with Gasteiger partial charge in [0, 0.05) is 16.2 Å². The van der Waals surface area contributed by atoms with Gasteiger partial charge in [0.05, 0.1) is 7.11 Å². The Bertz CT molecular complexity index is 1020. The SMILES string of the molecule is COc1ccccc1-n1nc(C(=O)Nc2ccc(Br)cc2)c(O)cc1=O. The van der Waals surface area contributed by atoms with Crippen LogP contribution in [0.5, 0.6) is 11.5 Å². The van der Waals surface area contributed by atoms with E-state index in [-0.39, 0.29) is 5.69 Å². The lowest BCUT2D eigenvalue weighted by atomic mass is 10.2. The van der Waals surface area contributed by atoms with Crippen LogP contribution in [0.15, 0.2) is 63.9 Å². The van der Waals surface area contributed by atoms with Crippen LogP contribution in [0.2, 0.25) is 0 Å². The topological polar surface area (TPSA) is 93.5 Å². The standard InChI is InChI=1S/C18H14BrN3O4/c1-26-15-5-3-2-4-13(15)22-16(24)10-14(23)17(21-22)18(25)20-12-8-6-11(19)7-9-12/h2-10,23H,1H3,(H,20,25). The first-order valence-electron chi connectivity index (χ1n) is 7.53. The van der Waals surface area contributed by atoms with E-state index < -0.39 is 17.2 Å². The van der Waals surface area contributed by atoms with E-state index in [1.807, 2.05) is 0 Å². The van der Waals surface area contributed by atoms with E-state index in [1.54, 1.807) is 48.5 Å². The van der Waals surface area contributed by atoms with Gasteiger partial charge in [-0.05, 0) is 36.4 Å². The second-order valence-corrected chi connectivity index (χ2v) is 6.18. The van der Waals surface area contributed by atoms with Crippen molar-refractivity contribution in [1.29, 1.82) is 0 Å². The molecule has 1 aromatic heterocycles. The molecule has 0 saturated carbocycles. The number of amides is 1. The number of rotatable bonds is 4. The summed E-state index contributed by atoms with van der Waals surface area (Å²) in [5, 5.41) is 16.6. The summed E-state index contributed by atoms with van der Waals surface area (Å²) >= 11 is 3.31. The highest BCUT2D eigenvalue weighted by molar-refractivity contribution is 9.10. The van der Waals surface area contributed by atoms with Crippen LogP contribution in [0.25, 0.3) is 5.69 Å². The molecule has 0 bridgehead atoms. The zero-order valence-electron chi connectivity index (χ0n) is 13.6. The molecule has 0 aliphatic rings. The highest BCUT2D eigenvalue weighted by atomic mass is 79.9. The summed E-state index contributed by atoms with van der Waals surface area (Å²) in [4.78, 5) is 24.7. The number of ether oxygens (including phenoxy) is 1. The molecule has 1 amide bonds. The van der Waals surface area contributed by atoms with Gasteiger partial charge in [-0.25, -0.2) is 0 Å². The van der Waals surface area contributed by atoms with Gasteiger partial charge in [0.1, 0.15) is 11.4 Å². The lowest BCUT2D eigenvalue weighted by Gasteiger charge is -2.12. The van der Waals surface area contributed by atoms with Gasteiger partial charge in [-0.2, -0.15) is 9.78 Å². The maximum absolute atomic E-state index is 12.5. The first-order valence-corrected chi connectivity index (χ1v) is 8.32. The molecule has 26 heavy (non-hydrogen) atoms. The van der Waals surface area contributed by atoms with Crippen molar-refractivity contribution in [2.75, 3.05) is 12.4 Å². The normalized spacial score (nSPS) is 10.4.